The Kier molecular flexibility index (Phi) is 4.35. The molecule has 0 aliphatic carbocycles. The fourth-order valence-electron chi connectivity index (χ4n) is 2.83. The number of nitrogens with two attached hydrogens (primary N) is 1. The first-order valence-electron chi connectivity index (χ1n) is 8.24. The van der Waals surface area contributed by atoms with Crippen LogP contribution in [0.1, 0.15) is 5.69 Å². The van der Waals surface area contributed by atoms with Crippen molar-refractivity contribution in [2.45, 2.75) is 6.54 Å². The molecular formula is C20H15FN4O2. The molecule has 4 rings (SSSR count). The van der Waals surface area contributed by atoms with Gasteiger partial charge in [-0.05, 0) is 48.0 Å². The first kappa shape index (κ1) is 16.9. The maximum atomic E-state index is 13.0. The molecule has 0 fully saturated rings. The highest BCUT2D eigenvalue weighted by Crippen LogP contribution is 2.28. The van der Waals surface area contributed by atoms with Crippen molar-refractivity contribution < 1.29 is 9.13 Å². The van der Waals surface area contributed by atoms with E-state index in [1.165, 1.54) is 12.1 Å². The fourth-order valence-corrected chi connectivity index (χ4v) is 2.83. The van der Waals surface area contributed by atoms with Crippen molar-refractivity contribution >= 4 is 10.8 Å². The lowest BCUT2D eigenvalue weighted by molar-refractivity contribution is 0.478. The normalized spacial score (nSPS) is 10.9. The van der Waals surface area contributed by atoms with Crippen molar-refractivity contribution in [3.63, 3.8) is 0 Å². The lowest BCUT2D eigenvalue weighted by atomic mass is 10.0. The van der Waals surface area contributed by atoms with Crippen LogP contribution in [-0.4, -0.2) is 15.2 Å². The van der Waals surface area contributed by atoms with Crippen LogP contribution in [0.25, 0.3) is 21.9 Å². The van der Waals surface area contributed by atoms with Crippen molar-refractivity contribution in [3.05, 3.63) is 82.8 Å². The molecular weight excluding hydrogens is 347 g/mol. The van der Waals surface area contributed by atoms with Crippen LogP contribution in [0.15, 0.2) is 65.7 Å². The highest BCUT2D eigenvalue weighted by molar-refractivity contribution is 5.88. The largest absolute Gasteiger partial charge is 0.456 e. The number of hydrogen-bond acceptors (Lipinski definition) is 5. The van der Waals surface area contributed by atoms with E-state index < -0.39 is 0 Å². The summed E-state index contributed by atoms with van der Waals surface area (Å²) in [6, 6.07) is 13.0. The Morgan fingerprint density at radius 1 is 0.963 bits per heavy atom. The minimum atomic E-state index is -0.329. The Balaban J connectivity index is 1.73. The van der Waals surface area contributed by atoms with Gasteiger partial charge >= 0.3 is 0 Å². The molecule has 0 unspecified atom stereocenters. The summed E-state index contributed by atoms with van der Waals surface area (Å²) in [4.78, 5) is 16.2. The molecule has 4 aromatic rings. The van der Waals surface area contributed by atoms with E-state index in [-0.39, 0.29) is 17.9 Å². The van der Waals surface area contributed by atoms with E-state index in [9.17, 15) is 9.18 Å². The number of aromatic amines is 1. The minimum Gasteiger partial charge on any atom is -0.456 e. The highest BCUT2D eigenvalue weighted by Gasteiger charge is 2.09. The van der Waals surface area contributed by atoms with Crippen LogP contribution in [-0.2, 0) is 6.54 Å². The zero-order valence-corrected chi connectivity index (χ0v) is 14.1. The van der Waals surface area contributed by atoms with Crippen LogP contribution in [0.5, 0.6) is 11.5 Å². The second-order valence-corrected chi connectivity index (χ2v) is 5.93. The topological polar surface area (TPSA) is 93.9 Å². The van der Waals surface area contributed by atoms with Gasteiger partial charge < -0.3 is 10.5 Å². The summed E-state index contributed by atoms with van der Waals surface area (Å²) in [5, 5.41) is 7.68. The maximum Gasteiger partial charge on any atom is 0.272 e. The average Bonchev–Trinajstić information content (AvgIpc) is 2.70. The minimum absolute atomic E-state index is 0.211. The fraction of sp³-hybridized carbons (Fsp3) is 0.0500. The highest BCUT2D eigenvalue weighted by atomic mass is 19.1. The second-order valence-electron chi connectivity index (χ2n) is 5.93. The first-order chi connectivity index (χ1) is 13.1. The summed E-state index contributed by atoms with van der Waals surface area (Å²) >= 11 is 0. The van der Waals surface area contributed by atoms with Gasteiger partial charge in [-0.3, -0.25) is 9.78 Å². The number of nitrogens with one attached hydrogen (secondary N) is 1. The molecule has 0 atom stereocenters. The number of fused-ring (bicyclic) bond motifs is 1. The van der Waals surface area contributed by atoms with Crippen molar-refractivity contribution in [1.29, 1.82) is 0 Å². The van der Waals surface area contributed by atoms with Crippen molar-refractivity contribution in [3.8, 4) is 22.6 Å². The molecule has 3 N–H and O–H groups in total. The molecule has 7 heteroatoms. The van der Waals surface area contributed by atoms with Gasteiger partial charge in [0.05, 0.1) is 17.3 Å². The van der Waals surface area contributed by atoms with Crippen molar-refractivity contribution in [2.75, 3.05) is 0 Å². The molecule has 0 saturated carbocycles. The second kappa shape index (κ2) is 6.97. The van der Waals surface area contributed by atoms with Crippen molar-refractivity contribution in [1.82, 2.24) is 15.2 Å². The smallest absolute Gasteiger partial charge is 0.272 e. The van der Waals surface area contributed by atoms with Crippen LogP contribution >= 0.6 is 0 Å². The third-order valence-corrected chi connectivity index (χ3v) is 4.16. The standard InChI is InChI=1S/C20H15FN4O2/c21-14-2-4-15(5-3-14)27-16-7-13(10-23-11-16)12-1-6-17-18(8-12)19(9-22)24-25-20(17)26/h1-8,10-11H,9,22H2,(H,25,26). The molecule has 0 radical (unpaired) electrons. The Bertz CT molecular complexity index is 1170. The van der Waals surface area contributed by atoms with Crippen molar-refractivity contribution in [2.24, 2.45) is 5.73 Å². The Hall–Kier alpha value is -3.58. The number of pyridine rings is 1. The summed E-state index contributed by atoms with van der Waals surface area (Å²) in [5.74, 6) is 0.696. The molecule has 2 heterocycles. The van der Waals surface area contributed by atoms with Gasteiger partial charge in [0.25, 0.3) is 5.56 Å². The van der Waals surface area contributed by atoms with Crippen LogP contribution < -0.4 is 16.0 Å². The van der Waals surface area contributed by atoms with Crippen LogP contribution in [0.4, 0.5) is 4.39 Å². The number of nitrogens with zero attached hydrogens (tertiary/aromatic N) is 2. The van der Waals surface area contributed by atoms with E-state index in [4.69, 9.17) is 10.5 Å². The molecule has 0 spiro atoms. The number of H-pyrrole nitrogens is 1. The number of rotatable bonds is 4. The van der Waals surface area contributed by atoms with Gasteiger partial charge in [0, 0.05) is 23.7 Å². The average molecular weight is 362 g/mol. The van der Waals surface area contributed by atoms with Gasteiger partial charge in [-0.1, -0.05) is 6.07 Å². The van der Waals surface area contributed by atoms with Crippen LogP contribution in [0, 0.1) is 5.82 Å². The maximum absolute atomic E-state index is 13.0. The lowest BCUT2D eigenvalue weighted by Crippen LogP contribution is -2.13. The SMILES string of the molecule is NCc1n[nH]c(=O)c2ccc(-c3cncc(Oc4ccc(F)cc4)c3)cc12. The predicted octanol–water partition coefficient (Wildman–Crippen LogP) is 3.38. The van der Waals surface area contributed by atoms with Gasteiger partial charge in [-0.25, -0.2) is 9.49 Å². The molecule has 0 bridgehead atoms. The summed E-state index contributed by atoms with van der Waals surface area (Å²) < 4.78 is 18.8. The van der Waals surface area contributed by atoms with E-state index in [0.717, 1.165) is 11.1 Å². The summed E-state index contributed by atoms with van der Waals surface area (Å²) in [7, 11) is 0. The van der Waals surface area contributed by atoms with Gasteiger partial charge in [-0.2, -0.15) is 5.10 Å². The van der Waals surface area contributed by atoms with Gasteiger partial charge in [0.2, 0.25) is 0 Å². The molecule has 0 aliphatic rings. The zero-order chi connectivity index (χ0) is 18.8. The number of hydrogen-bond donors (Lipinski definition) is 2. The molecule has 6 nitrogen and oxygen atoms in total. The third kappa shape index (κ3) is 3.40. The van der Waals surface area contributed by atoms with Crippen LogP contribution in [0.3, 0.4) is 0 Å². The van der Waals surface area contributed by atoms with Crippen LogP contribution in [0.2, 0.25) is 0 Å². The molecule has 27 heavy (non-hydrogen) atoms. The van der Waals surface area contributed by atoms with E-state index >= 15 is 0 Å². The zero-order valence-electron chi connectivity index (χ0n) is 14.1. The molecule has 2 aromatic carbocycles. The monoisotopic (exact) mass is 362 g/mol. The molecule has 0 saturated heterocycles. The Labute approximate surface area is 153 Å². The quantitative estimate of drug-likeness (QED) is 0.580. The molecule has 2 aromatic heterocycles. The van der Waals surface area contributed by atoms with E-state index in [1.54, 1.807) is 30.6 Å². The summed E-state index contributed by atoms with van der Waals surface area (Å²) in [6.45, 7) is 0.211. The third-order valence-electron chi connectivity index (χ3n) is 4.16. The number of benzene rings is 2. The molecule has 0 amide bonds. The Morgan fingerprint density at radius 3 is 2.56 bits per heavy atom. The van der Waals surface area contributed by atoms with E-state index in [2.05, 4.69) is 15.2 Å². The molecule has 0 aliphatic heterocycles. The number of halogens is 1. The van der Waals surface area contributed by atoms with Gasteiger partial charge in [-0.15, -0.1) is 0 Å². The summed E-state index contributed by atoms with van der Waals surface area (Å²) in [5.41, 5.74) is 7.73. The number of aromatic nitrogens is 3. The lowest BCUT2D eigenvalue weighted by Gasteiger charge is -2.09. The summed E-state index contributed by atoms with van der Waals surface area (Å²) in [6.07, 6.45) is 3.27. The van der Waals surface area contributed by atoms with E-state index in [1.807, 2.05) is 18.2 Å². The Morgan fingerprint density at radius 2 is 1.78 bits per heavy atom. The van der Waals surface area contributed by atoms with Gasteiger partial charge in [0.1, 0.15) is 17.3 Å². The van der Waals surface area contributed by atoms with Gasteiger partial charge in [0.15, 0.2) is 0 Å². The first-order valence-corrected chi connectivity index (χ1v) is 8.24. The molecule has 134 valence electrons. The predicted molar refractivity (Wildman–Crippen MR) is 100.0 cm³/mol. The number of ether oxygens (including phenoxy) is 1. The van der Waals surface area contributed by atoms with E-state index in [0.29, 0.717) is 28.0 Å².